The molecule has 1 aromatic carbocycles. The van der Waals surface area contributed by atoms with Gasteiger partial charge in [-0.05, 0) is 47.2 Å². The monoisotopic (exact) mass is 392 g/mol. The molecule has 0 aliphatic carbocycles. The molecule has 3 nitrogen and oxygen atoms in total. The Morgan fingerprint density at radius 3 is 2.94 bits per heavy atom. The van der Waals surface area contributed by atoms with E-state index in [1.165, 1.54) is 0 Å². The smallest absolute Gasteiger partial charge is 0.173 e. The molecule has 0 amide bonds. The molecule has 0 unspecified atom stereocenters. The van der Waals surface area contributed by atoms with Crippen LogP contribution in [0.5, 0.6) is 0 Å². The molecule has 0 atom stereocenters. The van der Waals surface area contributed by atoms with Gasteiger partial charge in [-0.1, -0.05) is 28.0 Å². The molecule has 2 rings (SSSR count). The SMILES string of the molecule is CCc1c(N)noc1-c1cc(I)ccc1Br. The second kappa shape index (κ2) is 4.75. The fourth-order valence-electron chi connectivity index (χ4n) is 1.55. The first-order chi connectivity index (χ1) is 7.63. The van der Waals surface area contributed by atoms with Gasteiger partial charge in [-0.25, -0.2) is 0 Å². The number of halogens is 2. The van der Waals surface area contributed by atoms with E-state index in [0.717, 1.165) is 31.4 Å². The van der Waals surface area contributed by atoms with Gasteiger partial charge in [-0.15, -0.1) is 0 Å². The van der Waals surface area contributed by atoms with Gasteiger partial charge in [0.1, 0.15) is 0 Å². The molecule has 1 aromatic heterocycles. The summed E-state index contributed by atoms with van der Waals surface area (Å²) in [7, 11) is 0. The fourth-order valence-corrected chi connectivity index (χ4v) is 2.46. The highest BCUT2D eigenvalue weighted by atomic mass is 127. The van der Waals surface area contributed by atoms with E-state index >= 15 is 0 Å². The first-order valence-corrected chi connectivity index (χ1v) is 6.70. The van der Waals surface area contributed by atoms with E-state index in [1.807, 2.05) is 25.1 Å². The lowest BCUT2D eigenvalue weighted by Crippen LogP contribution is -1.91. The topological polar surface area (TPSA) is 52.0 Å². The minimum Gasteiger partial charge on any atom is -0.381 e. The van der Waals surface area contributed by atoms with E-state index in [2.05, 4.69) is 43.7 Å². The van der Waals surface area contributed by atoms with Gasteiger partial charge in [-0.3, -0.25) is 0 Å². The standard InChI is InChI=1S/C11H10BrIN2O/c1-2-7-10(16-15-11(7)14)8-5-6(13)3-4-9(8)12/h3-5H,2H2,1H3,(H2,14,15). The second-order valence-corrected chi connectivity index (χ2v) is 5.45. The van der Waals surface area contributed by atoms with Crippen molar-refractivity contribution >= 4 is 44.3 Å². The molecule has 0 fully saturated rings. The van der Waals surface area contributed by atoms with Gasteiger partial charge in [0.15, 0.2) is 11.6 Å². The van der Waals surface area contributed by atoms with Crippen LogP contribution in [0.3, 0.4) is 0 Å². The van der Waals surface area contributed by atoms with Crippen molar-refractivity contribution in [1.82, 2.24) is 5.16 Å². The largest absolute Gasteiger partial charge is 0.381 e. The molecule has 2 N–H and O–H groups in total. The van der Waals surface area contributed by atoms with Gasteiger partial charge >= 0.3 is 0 Å². The molecule has 0 radical (unpaired) electrons. The summed E-state index contributed by atoms with van der Waals surface area (Å²) >= 11 is 5.77. The van der Waals surface area contributed by atoms with Crippen molar-refractivity contribution in [2.75, 3.05) is 5.73 Å². The van der Waals surface area contributed by atoms with Crippen molar-refractivity contribution < 1.29 is 4.52 Å². The summed E-state index contributed by atoms with van der Waals surface area (Å²) in [6.07, 6.45) is 0.808. The highest BCUT2D eigenvalue weighted by Crippen LogP contribution is 2.34. The van der Waals surface area contributed by atoms with Gasteiger partial charge in [0.2, 0.25) is 0 Å². The number of nitrogens with zero attached hydrogens (tertiary/aromatic N) is 1. The van der Waals surface area contributed by atoms with Crippen LogP contribution in [0.15, 0.2) is 27.2 Å². The highest BCUT2D eigenvalue weighted by Gasteiger charge is 2.16. The van der Waals surface area contributed by atoms with Crippen LogP contribution in [0.25, 0.3) is 11.3 Å². The summed E-state index contributed by atoms with van der Waals surface area (Å²) in [6.45, 7) is 2.04. The van der Waals surface area contributed by atoms with Crippen LogP contribution in [0.2, 0.25) is 0 Å². The summed E-state index contributed by atoms with van der Waals surface area (Å²) < 4.78 is 7.43. The number of rotatable bonds is 2. The van der Waals surface area contributed by atoms with Crippen molar-refractivity contribution in [1.29, 1.82) is 0 Å². The van der Waals surface area contributed by atoms with Gasteiger partial charge in [0.05, 0.1) is 0 Å². The molecule has 0 aliphatic rings. The molecule has 0 spiro atoms. The number of hydrogen-bond donors (Lipinski definition) is 1. The number of nitrogen functional groups attached to an aromatic ring is 1. The Balaban J connectivity index is 2.62. The minimum atomic E-state index is 0.475. The summed E-state index contributed by atoms with van der Waals surface area (Å²) in [5, 5.41) is 3.81. The first kappa shape index (κ1) is 11.9. The van der Waals surface area contributed by atoms with E-state index in [4.69, 9.17) is 10.3 Å². The lowest BCUT2D eigenvalue weighted by Gasteiger charge is -2.03. The first-order valence-electron chi connectivity index (χ1n) is 4.83. The van der Waals surface area contributed by atoms with Gasteiger partial charge in [0.25, 0.3) is 0 Å². The predicted molar refractivity (Wildman–Crippen MR) is 76.1 cm³/mol. The average molecular weight is 393 g/mol. The summed E-state index contributed by atoms with van der Waals surface area (Å²) in [4.78, 5) is 0. The van der Waals surface area contributed by atoms with Crippen LogP contribution >= 0.6 is 38.5 Å². The Hall–Kier alpha value is -0.560. The fraction of sp³-hybridized carbons (Fsp3) is 0.182. The maximum absolute atomic E-state index is 5.76. The van der Waals surface area contributed by atoms with Crippen molar-refractivity contribution in [2.45, 2.75) is 13.3 Å². The van der Waals surface area contributed by atoms with Crippen molar-refractivity contribution in [3.05, 3.63) is 31.8 Å². The van der Waals surface area contributed by atoms with E-state index < -0.39 is 0 Å². The van der Waals surface area contributed by atoms with Crippen molar-refractivity contribution in [2.24, 2.45) is 0 Å². The molecule has 2 aromatic rings. The molecule has 0 saturated heterocycles. The Morgan fingerprint density at radius 2 is 2.25 bits per heavy atom. The van der Waals surface area contributed by atoms with E-state index in [0.29, 0.717) is 5.82 Å². The zero-order valence-corrected chi connectivity index (χ0v) is 12.4. The van der Waals surface area contributed by atoms with Crippen LogP contribution in [0.1, 0.15) is 12.5 Å². The summed E-state index contributed by atoms with van der Waals surface area (Å²) in [5.41, 5.74) is 7.71. The molecule has 1 heterocycles. The van der Waals surface area contributed by atoms with Crippen LogP contribution in [-0.4, -0.2) is 5.16 Å². The van der Waals surface area contributed by atoms with Crippen LogP contribution < -0.4 is 5.73 Å². The van der Waals surface area contributed by atoms with E-state index in [1.54, 1.807) is 0 Å². The number of hydrogen-bond acceptors (Lipinski definition) is 3. The lowest BCUT2D eigenvalue weighted by molar-refractivity contribution is 0.435. The van der Waals surface area contributed by atoms with Crippen LogP contribution in [0, 0.1) is 3.57 Å². The molecule has 5 heteroatoms. The maximum Gasteiger partial charge on any atom is 0.173 e. The average Bonchev–Trinajstić information content (AvgIpc) is 2.63. The molecule has 0 aliphatic heterocycles. The zero-order valence-electron chi connectivity index (χ0n) is 8.63. The van der Waals surface area contributed by atoms with Crippen LogP contribution in [0.4, 0.5) is 5.82 Å². The molecule has 84 valence electrons. The van der Waals surface area contributed by atoms with E-state index in [9.17, 15) is 0 Å². The third kappa shape index (κ3) is 2.10. The van der Waals surface area contributed by atoms with Gasteiger partial charge in [-0.2, -0.15) is 0 Å². The zero-order chi connectivity index (χ0) is 11.7. The summed E-state index contributed by atoms with van der Waals surface area (Å²) in [5.74, 6) is 1.23. The highest BCUT2D eigenvalue weighted by molar-refractivity contribution is 14.1. The summed E-state index contributed by atoms with van der Waals surface area (Å²) in [6, 6.07) is 6.07. The number of nitrogens with two attached hydrogens (primary N) is 1. The van der Waals surface area contributed by atoms with Gasteiger partial charge < -0.3 is 10.3 Å². The minimum absolute atomic E-state index is 0.475. The van der Waals surface area contributed by atoms with Crippen LogP contribution in [-0.2, 0) is 6.42 Å². The number of benzene rings is 1. The lowest BCUT2D eigenvalue weighted by atomic mass is 10.1. The molecular formula is C11H10BrIN2O. The van der Waals surface area contributed by atoms with Crippen molar-refractivity contribution in [3.8, 4) is 11.3 Å². The van der Waals surface area contributed by atoms with Gasteiger partial charge in [0, 0.05) is 19.2 Å². The quantitative estimate of drug-likeness (QED) is 0.789. The third-order valence-electron chi connectivity index (χ3n) is 2.35. The second-order valence-electron chi connectivity index (χ2n) is 3.35. The molecule has 0 bridgehead atoms. The normalized spacial score (nSPS) is 10.7. The Bertz CT molecular complexity index is 525. The van der Waals surface area contributed by atoms with E-state index in [-0.39, 0.29) is 0 Å². The maximum atomic E-state index is 5.76. The Kier molecular flexibility index (Phi) is 3.53. The molecule has 0 saturated carbocycles. The molecular weight excluding hydrogens is 383 g/mol. The van der Waals surface area contributed by atoms with Crippen molar-refractivity contribution in [3.63, 3.8) is 0 Å². The molecule has 16 heavy (non-hydrogen) atoms. The Labute approximate surface area is 116 Å². The number of aromatic nitrogens is 1. The predicted octanol–water partition coefficient (Wildman–Crippen LogP) is 3.85. The number of anilines is 1. The Morgan fingerprint density at radius 1 is 1.50 bits per heavy atom. The third-order valence-corrected chi connectivity index (χ3v) is 3.71.